The number of thiophene rings is 1. The average molecular weight is 340 g/mol. The quantitative estimate of drug-likeness (QED) is 0.793. The van der Waals surface area contributed by atoms with Gasteiger partial charge in [-0.05, 0) is 23.9 Å². The first kappa shape index (κ1) is 16.1. The first-order chi connectivity index (χ1) is 9.87. The van der Waals surface area contributed by atoms with Crippen LogP contribution in [0.2, 0.25) is 0 Å². The number of rotatable bonds is 6. The number of nitrogens with one attached hydrogen (secondary N) is 1. The lowest BCUT2D eigenvalue weighted by Gasteiger charge is -2.13. The lowest BCUT2D eigenvalue weighted by atomic mass is 10.1. The third-order valence-corrected chi connectivity index (χ3v) is 5.64. The minimum Gasteiger partial charge on any atom is -0.389 e. The van der Waals surface area contributed by atoms with Gasteiger partial charge in [0.2, 0.25) is 10.0 Å². The Morgan fingerprint density at radius 2 is 2.00 bits per heavy atom. The minimum atomic E-state index is -3.40. The zero-order valence-corrected chi connectivity index (χ0v) is 13.9. The molecule has 0 spiro atoms. The van der Waals surface area contributed by atoms with E-state index in [2.05, 4.69) is 4.72 Å². The molecule has 1 heterocycles. The smallest absolute Gasteiger partial charge is 0.216 e. The molecule has 0 saturated heterocycles. The van der Waals surface area contributed by atoms with Crippen LogP contribution in [0.3, 0.4) is 0 Å². The monoisotopic (exact) mass is 340 g/mol. The molecule has 0 radical (unpaired) electrons. The second-order valence-corrected chi connectivity index (χ2v) is 7.85. The van der Waals surface area contributed by atoms with Crippen molar-refractivity contribution >= 4 is 38.6 Å². The molecule has 7 heteroatoms. The van der Waals surface area contributed by atoms with E-state index in [4.69, 9.17) is 18.0 Å². The molecule has 112 valence electrons. The number of hydrogen-bond donors (Lipinski definition) is 2. The van der Waals surface area contributed by atoms with Crippen LogP contribution in [-0.2, 0) is 15.8 Å². The second kappa shape index (κ2) is 6.65. The summed E-state index contributed by atoms with van der Waals surface area (Å²) in [6.07, 6.45) is 0. The summed E-state index contributed by atoms with van der Waals surface area (Å²) in [4.78, 5) is 1.29. The van der Waals surface area contributed by atoms with Gasteiger partial charge in [0.05, 0.1) is 11.8 Å². The Bertz CT molecular complexity index is 707. The van der Waals surface area contributed by atoms with Gasteiger partial charge in [0.1, 0.15) is 4.99 Å². The van der Waals surface area contributed by atoms with Crippen LogP contribution in [0.5, 0.6) is 0 Å². The van der Waals surface area contributed by atoms with Gasteiger partial charge in [0.15, 0.2) is 0 Å². The summed E-state index contributed by atoms with van der Waals surface area (Å²) in [5.74, 6) is -0.0691. The zero-order chi connectivity index (χ0) is 15.5. The van der Waals surface area contributed by atoms with Crippen LogP contribution in [-0.4, -0.2) is 13.4 Å². The van der Waals surface area contributed by atoms with Crippen LogP contribution < -0.4 is 10.5 Å². The fourth-order valence-corrected chi connectivity index (χ4v) is 4.22. The van der Waals surface area contributed by atoms with Crippen molar-refractivity contribution in [2.24, 2.45) is 5.73 Å². The van der Waals surface area contributed by atoms with Gasteiger partial charge in [-0.25, -0.2) is 13.1 Å². The molecule has 2 aromatic rings. The highest BCUT2D eigenvalue weighted by Crippen LogP contribution is 2.19. The molecule has 21 heavy (non-hydrogen) atoms. The lowest BCUT2D eigenvalue weighted by Crippen LogP contribution is -2.27. The van der Waals surface area contributed by atoms with Gasteiger partial charge >= 0.3 is 0 Å². The summed E-state index contributed by atoms with van der Waals surface area (Å²) in [5, 5.41) is 1.93. The highest BCUT2D eigenvalue weighted by Gasteiger charge is 2.17. The van der Waals surface area contributed by atoms with Crippen molar-refractivity contribution in [2.75, 3.05) is 0 Å². The van der Waals surface area contributed by atoms with E-state index in [1.807, 2.05) is 24.4 Å². The van der Waals surface area contributed by atoms with Crippen LogP contribution in [0.4, 0.5) is 0 Å². The van der Waals surface area contributed by atoms with Crippen molar-refractivity contribution in [2.45, 2.75) is 18.7 Å². The Morgan fingerprint density at radius 3 is 2.52 bits per heavy atom. The molecule has 0 amide bonds. The van der Waals surface area contributed by atoms with Gasteiger partial charge in [-0.1, -0.05) is 42.5 Å². The van der Waals surface area contributed by atoms with Crippen LogP contribution >= 0.6 is 23.6 Å². The Hall–Kier alpha value is -1.28. The first-order valence-corrected chi connectivity index (χ1v) is 9.23. The molecule has 1 unspecified atom stereocenters. The Labute approximate surface area is 134 Å². The third kappa shape index (κ3) is 4.60. The molecule has 0 aliphatic rings. The predicted molar refractivity (Wildman–Crippen MR) is 90.8 cm³/mol. The molecule has 0 aliphatic carbocycles. The topological polar surface area (TPSA) is 72.2 Å². The van der Waals surface area contributed by atoms with Gasteiger partial charge in [-0.3, -0.25) is 0 Å². The molecule has 1 atom stereocenters. The van der Waals surface area contributed by atoms with E-state index >= 15 is 0 Å². The predicted octanol–water partition coefficient (Wildman–Crippen LogP) is 2.56. The maximum absolute atomic E-state index is 12.2. The molecule has 4 nitrogen and oxygen atoms in total. The van der Waals surface area contributed by atoms with E-state index < -0.39 is 10.0 Å². The maximum atomic E-state index is 12.2. The van der Waals surface area contributed by atoms with Gasteiger partial charge < -0.3 is 5.73 Å². The van der Waals surface area contributed by atoms with Crippen LogP contribution in [0.15, 0.2) is 41.8 Å². The molecule has 0 bridgehead atoms. The van der Waals surface area contributed by atoms with E-state index in [1.165, 1.54) is 11.3 Å². The summed E-state index contributed by atoms with van der Waals surface area (Å²) in [7, 11) is -3.40. The van der Waals surface area contributed by atoms with E-state index in [0.717, 1.165) is 10.4 Å². The van der Waals surface area contributed by atoms with E-state index in [9.17, 15) is 8.42 Å². The van der Waals surface area contributed by atoms with E-state index in [-0.39, 0.29) is 11.8 Å². The highest BCUT2D eigenvalue weighted by molar-refractivity contribution is 7.88. The maximum Gasteiger partial charge on any atom is 0.216 e. The molecular formula is C14H16N2O2S3. The summed E-state index contributed by atoms with van der Waals surface area (Å²) < 4.78 is 27.0. The first-order valence-electron chi connectivity index (χ1n) is 6.29. The summed E-state index contributed by atoms with van der Waals surface area (Å²) >= 11 is 6.39. The van der Waals surface area contributed by atoms with Gasteiger partial charge in [0, 0.05) is 10.4 Å². The van der Waals surface area contributed by atoms with Crippen LogP contribution in [0.1, 0.15) is 29.0 Å². The fourth-order valence-electron chi connectivity index (χ4n) is 1.89. The molecule has 0 saturated carbocycles. The van der Waals surface area contributed by atoms with Gasteiger partial charge in [0.25, 0.3) is 0 Å². The van der Waals surface area contributed by atoms with Crippen molar-refractivity contribution in [3.63, 3.8) is 0 Å². The Morgan fingerprint density at radius 1 is 1.33 bits per heavy atom. The number of hydrogen-bond acceptors (Lipinski definition) is 4. The van der Waals surface area contributed by atoms with Crippen LogP contribution in [0, 0.1) is 0 Å². The molecule has 0 fully saturated rings. The molecule has 0 aliphatic heterocycles. The third-order valence-electron chi connectivity index (χ3n) is 2.92. The van der Waals surface area contributed by atoms with Crippen molar-refractivity contribution in [1.82, 2.24) is 4.72 Å². The van der Waals surface area contributed by atoms with Crippen molar-refractivity contribution in [3.05, 3.63) is 57.8 Å². The number of benzene rings is 1. The van der Waals surface area contributed by atoms with E-state index in [1.54, 1.807) is 24.3 Å². The fraction of sp³-hybridized carbons (Fsp3) is 0.214. The largest absolute Gasteiger partial charge is 0.389 e. The Balaban J connectivity index is 2.05. The van der Waals surface area contributed by atoms with Crippen molar-refractivity contribution in [3.8, 4) is 0 Å². The summed E-state index contributed by atoms with van der Waals surface area (Å²) in [6, 6.07) is 10.5. The standard InChI is InChI=1S/C14H16N2O2S3/c1-10(13-3-2-8-20-13)16-21(17,18)9-11-4-6-12(7-5-11)14(15)19/h2-8,10,16H,9H2,1H3,(H2,15,19). The van der Waals surface area contributed by atoms with Gasteiger partial charge in [-0.15, -0.1) is 11.3 Å². The number of thiocarbonyl (C=S) groups is 1. The van der Waals surface area contributed by atoms with Crippen LogP contribution in [0.25, 0.3) is 0 Å². The molecular weight excluding hydrogens is 324 g/mol. The number of nitrogens with two attached hydrogens (primary N) is 1. The number of sulfonamides is 1. The molecule has 1 aromatic heterocycles. The minimum absolute atomic E-state index is 0.0691. The normalized spacial score (nSPS) is 13.0. The molecule has 1 aromatic carbocycles. The molecule has 2 rings (SSSR count). The average Bonchev–Trinajstić information content (AvgIpc) is 2.92. The van der Waals surface area contributed by atoms with Crippen molar-refractivity contribution in [1.29, 1.82) is 0 Å². The SMILES string of the molecule is CC(NS(=O)(=O)Cc1ccc(C(N)=S)cc1)c1cccs1. The summed E-state index contributed by atoms with van der Waals surface area (Å²) in [6.45, 7) is 1.83. The zero-order valence-electron chi connectivity index (χ0n) is 11.4. The van der Waals surface area contributed by atoms with Gasteiger partial charge in [-0.2, -0.15) is 0 Å². The Kier molecular flexibility index (Phi) is 5.10. The molecule has 3 N–H and O–H groups in total. The lowest BCUT2D eigenvalue weighted by molar-refractivity contribution is 0.567. The second-order valence-electron chi connectivity index (χ2n) is 4.68. The van der Waals surface area contributed by atoms with Crippen molar-refractivity contribution < 1.29 is 8.42 Å². The summed E-state index contributed by atoms with van der Waals surface area (Å²) in [5.41, 5.74) is 6.94. The van der Waals surface area contributed by atoms with E-state index in [0.29, 0.717) is 10.6 Å². The highest BCUT2D eigenvalue weighted by atomic mass is 32.2.